The third-order valence-electron chi connectivity index (χ3n) is 3.64. The highest BCUT2D eigenvalue weighted by molar-refractivity contribution is 5.94. The Bertz CT molecular complexity index is 676. The number of rotatable bonds is 5. The summed E-state index contributed by atoms with van der Waals surface area (Å²) in [7, 11) is 0. The molecule has 1 fully saturated rings. The number of aromatic nitrogens is 1. The fraction of sp³-hybridized carbons (Fsp3) is 0.235. The van der Waals surface area contributed by atoms with E-state index in [0.29, 0.717) is 25.1 Å². The summed E-state index contributed by atoms with van der Waals surface area (Å²) in [6.45, 7) is 0.940. The number of carbonyl (C=O) groups is 2. The van der Waals surface area contributed by atoms with Gasteiger partial charge in [-0.2, -0.15) is 0 Å². The highest BCUT2D eigenvalue weighted by Crippen LogP contribution is 2.22. The highest BCUT2D eigenvalue weighted by atomic mass is 16.6. The topological polar surface area (TPSA) is 71.5 Å². The highest BCUT2D eigenvalue weighted by Gasteiger charge is 2.31. The van der Waals surface area contributed by atoms with E-state index in [2.05, 4.69) is 10.3 Å². The molecular formula is C17H17N3O3. The molecule has 6 nitrogen and oxygen atoms in total. The lowest BCUT2D eigenvalue weighted by atomic mass is 10.2. The van der Waals surface area contributed by atoms with E-state index in [0.717, 1.165) is 5.69 Å². The molecule has 1 saturated heterocycles. The number of hydrogen-bond donors (Lipinski definition) is 1. The molecular weight excluding hydrogens is 294 g/mol. The first-order valence-electron chi connectivity index (χ1n) is 7.45. The maximum Gasteiger partial charge on any atom is 0.414 e. The maximum atomic E-state index is 11.9. The van der Waals surface area contributed by atoms with E-state index in [1.807, 2.05) is 30.3 Å². The monoisotopic (exact) mass is 311 g/mol. The number of nitrogens with one attached hydrogen (secondary N) is 1. The summed E-state index contributed by atoms with van der Waals surface area (Å²) in [5.41, 5.74) is 1.38. The average Bonchev–Trinajstić information content (AvgIpc) is 2.97. The van der Waals surface area contributed by atoms with Crippen molar-refractivity contribution in [3.8, 4) is 0 Å². The summed E-state index contributed by atoms with van der Waals surface area (Å²) in [6.07, 6.45) is 3.16. The molecule has 2 aromatic rings. The van der Waals surface area contributed by atoms with Crippen molar-refractivity contribution >= 4 is 17.7 Å². The minimum atomic E-state index is -0.346. The average molecular weight is 311 g/mol. The van der Waals surface area contributed by atoms with Gasteiger partial charge < -0.3 is 10.1 Å². The first kappa shape index (κ1) is 15.0. The Morgan fingerprint density at radius 3 is 2.70 bits per heavy atom. The SMILES string of the molecule is O=C(NCCC1CN(c2ccccc2)C(=O)O1)c1ccncc1. The van der Waals surface area contributed by atoms with Crippen LogP contribution < -0.4 is 10.2 Å². The molecule has 0 radical (unpaired) electrons. The largest absolute Gasteiger partial charge is 0.444 e. The van der Waals surface area contributed by atoms with Gasteiger partial charge >= 0.3 is 6.09 Å². The van der Waals surface area contributed by atoms with Gasteiger partial charge in [0.15, 0.2) is 0 Å². The molecule has 3 rings (SSSR count). The van der Waals surface area contributed by atoms with E-state index < -0.39 is 0 Å². The quantitative estimate of drug-likeness (QED) is 0.919. The van der Waals surface area contributed by atoms with Crippen LogP contribution in [-0.2, 0) is 4.74 Å². The van der Waals surface area contributed by atoms with Crippen molar-refractivity contribution in [1.82, 2.24) is 10.3 Å². The maximum absolute atomic E-state index is 11.9. The molecule has 2 amide bonds. The van der Waals surface area contributed by atoms with Crippen LogP contribution in [0, 0.1) is 0 Å². The Morgan fingerprint density at radius 2 is 1.96 bits per heavy atom. The molecule has 1 unspecified atom stereocenters. The van der Waals surface area contributed by atoms with E-state index in [1.165, 1.54) is 0 Å². The zero-order valence-electron chi connectivity index (χ0n) is 12.5. The molecule has 23 heavy (non-hydrogen) atoms. The van der Waals surface area contributed by atoms with Gasteiger partial charge in [-0.25, -0.2) is 4.79 Å². The number of benzene rings is 1. The number of pyridine rings is 1. The van der Waals surface area contributed by atoms with Crippen LogP contribution in [0.3, 0.4) is 0 Å². The Kier molecular flexibility index (Phi) is 4.52. The Morgan fingerprint density at radius 1 is 1.22 bits per heavy atom. The molecule has 1 N–H and O–H groups in total. The number of cyclic esters (lactones) is 1. The molecule has 1 aliphatic heterocycles. The number of hydrogen-bond acceptors (Lipinski definition) is 4. The fourth-order valence-electron chi connectivity index (χ4n) is 2.44. The number of carbonyl (C=O) groups excluding carboxylic acids is 2. The van der Waals surface area contributed by atoms with Gasteiger partial charge in [0.05, 0.1) is 6.54 Å². The van der Waals surface area contributed by atoms with Gasteiger partial charge in [0, 0.05) is 36.6 Å². The van der Waals surface area contributed by atoms with Crippen LogP contribution in [-0.4, -0.2) is 36.2 Å². The van der Waals surface area contributed by atoms with Crippen LogP contribution >= 0.6 is 0 Å². The van der Waals surface area contributed by atoms with Crippen molar-refractivity contribution in [3.05, 3.63) is 60.4 Å². The number of amides is 2. The van der Waals surface area contributed by atoms with Crippen molar-refractivity contribution in [1.29, 1.82) is 0 Å². The Balaban J connectivity index is 1.49. The summed E-state index contributed by atoms with van der Waals surface area (Å²) >= 11 is 0. The third-order valence-corrected chi connectivity index (χ3v) is 3.64. The smallest absolute Gasteiger partial charge is 0.414 e. The van der Waals surface area contributed by atoms with E-state index in [1.54, 1.807) is 29.4 Å². The first-order valence-corrected chi connectivity index (χ1v) is 7.45. The Hall–Kier alpha value is -2.89. The van der Waals surface area contributed by atoms with Gasteiger partial charge in [-0.05, 0) is 24.3 Å². The second kappa shape index (κ2) is 6.91. The van der Waals surface area contributed by atoms with Gasteiger partial charge in [0.2, 0.25) is 0 Å². The van der Waals surface area contributed by atoms with Crippen molar-refractivity contribution in [3.63, 3.8) is 0 Å². The fourth-order valence-corrected chi connectivity index (χ4v) is 2.44. The zero-order valence-corrected chi connectivity index (χ0v) is 12.5. The predicted molar refractivity (Wildman–Crippen MR) is 85.2 cm³/mol. The van der Waals surface area contributed by atoms with Crippen LogP contribution in [0.15, 0.2) is 54.9 Å². The molecule has 0 bridgehead atoms. The summed E-state index contributed by atoms with van der Waals surface area (Å²) in [5.74, 6) is -0.156. The second-order valence-corrected chi connectivity index (χ2v) is 5.23. The van der Waals surface area contributed by atoms with Crippen LogP contribution in [0.25, 0.3) is 0 Å². The van der Waals surface area contributed by atoms with Crippen molar-refractivity contribution in [2.75, 3.05) is 18.0 Å². The number of ether oxygens (including phenoxy) is 1. The van der Waals surface area contributed by atoms with Gasteiger partial charge in [-0.1, -0.05) is 18.2 Å². The number of para-hydroxylation sites is 1. The van der Waals surface area contributed by atoms with Crippen LogP contribution in [0.1, 0.15) is 16.8 Å². The summed E-state index contributed by atoms with van der Waals surface area (Å²) in [5, 5.41) is 2.82. The van der Waals surface area contributed by atoms with Gasteiger partial charge in [-0.15, -0.1) is 0 Å². The van der Waals surface area contributed by atoms with Crippen molar-refractivity contribution in [2.24, 2.45) is 0 Å². The lowest BCUT2D eigenvalue weighted by Crippen LogP contribution is -2.29. The molecule has 118 valence electrons. The minimum absolute atomic E-state index is 0.156. The summed E-state index contributed by atoms with van der Waals surface area (Å²) in [6, 6.07) is 12.7. The van der Waals surface area contributed by atoms with Gasteiger partial charge in [0.1, 0.15) is 6.10 Å². The van der Waals surface area contributed by atoms with E-state index in [9.17, 15) is 9.59 Å². The summed E-state index contributed by atoms with van der Waals surface area (Å²) in [4.78, 5) is 29.3. The molecule has 1 aromatic carbocycles. The van der Waals surface area contributed by atoms with Crippen molar-refractivity contribution in [2.45, 2.75) is 12.5 Å². The van der Waals surface area contributed by atoms with E-state index >= 15 is 0 Å². The zero-order chi connectivity index (χ0) is 16.1. The standard InChI is InChI=1S/C17H17N3O3/c21-16(13-6-9-18-10-7-13)19-11-8-15-12-20(17(22)23-15)14-4-2-1-3-5-14/h1-7,9-10,15H,8,11-12H2,(H,19,21). The molecule has 1 aliphatic rings. The van der Waals surface area contributed by atoms with Gasteiger partial charge in [-0.3, -0.25) is 14.7 Å². The normalized spacial score (nSPS) is 17.0. The molecule has 0 spiro atoms. The lowest BCUT2D eigenvalue weighted by molar-refractivity contribution is 0.0944. The van der Waals surface area contributed by atoms with E-state index in [4.69, 9.17) is 4.74 Å². The predicted octanol–water partition coefficient (Wildman–Crippen LogP) is 2.23. The molecule has 2 heterocycles. The van der Waals surface area contributed by atoms with E-state index in [-0.39, 0.29) is 18.1 Å². The number of anilines is 1. The molecule has 0 saturated carbocycles. The van der Waals surface area contributed by atoms with Crippen molar-refractivity contribution < 1.29 is 14.3 Å². The minimum Gasteiger partial charge on any atom is -0.444 e. The molecule has 6 heteroatoms. The first-order chi connectivity index (χ1) is 11.2. The van der Waals surface area contributed by atoms with Crippen LogP contribution in [0.2, 0.25) is 0 Å². The molecule has 1 aromatic heterocycles. The number of nitrogens with zero attached hydrogens (tertiary/aromatic N) is 2. The Labute approximate surface area is 134 Å². The molecule has 1 atom stereocenters. The second-order valence-electron chi connectivity index (χ2n) is 5.23. The van der Waals surface area contributed by atoms with Crippen LogP contribution in [0.5, 0.6) is 0 Å². The van der Waals surface area contributed by atoms with Crippen LogP contribution in [0.4, 0.5) is 10.5 Å². The summed E-state index contributed by atoms with van der Waals surface area (Å²) < 4.78 is 5.34. The molecule has 0 aliphatic carbocycles. The third kappa shape index (κ3) is 3.66. The van der Waals surface area contributed by atoms with Gasteiger partial charge in [0.25, 0.3) is 5.91 Å². The lowest BCUT2D eigenvalue weighted by Gasteiger charge is -2.12.